The molecule has 1 heterocycles. The molecule has 1 aromatic heterocycles. The van der Waals surface area contributed by atoms with Crippen LogP contribution < -0.4 is 5.56 Å². The van der Waals surface area contributed by atoms with Gasteiger partial charge in [0.2, 0.25) is 0 Å². The zero-order chi connectivity index (χ0) is 10.0. The Morgan fingerprint density at radius 2 is 2.00 bits per heavy atom. The number of hydrogen-bond acceptors (Lipinski definition) is 2. The van der Waals surface area contributed by atoms with Crippen molar-refractivity contribution in [2.45, 2.75) is 33.0 Å². The molecule has 0 amide bonds. The standard InChI is InChI=1S/C9H13FN2O/c1-6(2)8-4-5-9(13)12(11-8)7(3)10/h4-7H,1-3H3. The molecule has 0 saturated carbocycles. The Morgan fingerprint density at radius 3 is 2.46 bits per heavy atom. The second-order valence-electron chi connectivity index (χ2n) is 3.27. The highest BCUT2D eigenvalue weighted by atomic mass is 19.1. The van der Waals surface area contributed by atoms with Gasteiger partial charge in [-0.15, -0.1) is 0 Å². The molecule has 0 spiro atoms. The third-order valence-corrected chi connectivity index (χ3v) is 1.77. The fourth-order valence-corrected chi connectivity index (χ4v) is 1.00. The highest BCUT2D eigenvalue weighted by Crippen LogP contribution is 2.10. The predicted molar refractivity (Wildman–Crippen MR) is 48.4 cm³/mol. The first-order valence-electron chi connectivity index (χ1n) is 4.26. The third kappa shape index (κ3) is 2.14. The summed E-state index contributed by atoms with van der Waals surface area (Å²) < 4.78 is 13.7. The zero-order valence-electron chi connectivity index (χ0n) is 7.99. The van der Waals surface area contributed by atoms with Crippen molar-refractivity contribution < 1.29 is 4.39 Å². The Balaban J connectivity index is 3.19. The van der Waals surface area contributed by atoms with Crippen LogP contribution in [0.1, 0.15) is 38.7 Å². The van der Waals surface area contributed by atoms with Gasteiger partial charge in [-0.3, -0.25) is 4.79 Å². The molecule has 1 aromatic rings. The van der Waals surface area contributed by atoms with Gasteiger partial charge in [0.1, 0.15) is 0 Å². The monoisotopic (exact) mass is 184 g/mol. The lowest BCUT2D eigenvalue weighted by molar-refractivity contribution is 0.233. The molecule has 1 atom stereocenters. The molecule has 0 aliphatic carbocycles. The Labute approximate surface area is 76.2 Å². The lowest BCUT2D eigenvalue weighted by atomic mass is 10.1. The first kappa shape index (κ1) is 9.89. The van der Waals surface area contributed by atoms with E-state index in [0.29, 0.717) is 0 Å². The van der Waals surface area contributed by atoms with E-state index in [0.717, 1.165) is 10.4 Å². The second-order valence-corrected chi connectivity index (χ2v) is 3.27. The first-order chi connectivity index (χ1) is 6.02. The molecule has 0 aromatic carbocycles. The van der Waals surface area contributed by atoms with Gasteiger partial charge in [-0.25, -0.2) is 4.39 Å². The van der Waals surface area contributed by atoms with Gasteiger partial charge in [0.05, 0.1) is 5.69 Å². The smallest absolute Gasteiger partial charge is 0.268 e. The van der Waals surface area contributed by atoms with Gasteiger partial charge in [0.15, 0.2) is 6.30 Å². The molecule has 0 aliphatic rings. The number of aromatic nitrogens is 2. The Morgan fingerprint density at radius 1 is 1.38 bits per heavy atom. The van der Waals surface area contributed by atoms with E-state index in [1.54, 1.807) is 6.07 Å². The fraction of sp³-hybridized carbons (Fsp3) is 0.556. The Kier molecular flexibility index (Phi) is 2.80. The van der Waals surface area contributed by atoms with Crippen LogP contribution in [0.4, 0.5) is 4.39 Å². The quantitative estimate of drug-likeness (QED) is 0.703. The molecule has 0 N–H and O–H groups in total. The van der Waals surface area contributed by atoms with Crippen molar-refractivity contribution in [3.63, 3.8) is 0 Å². The number of alkyl halides is 1. The zero-order valence-corrected chi connectivity index (χ0v) is 7.99. The molecular formula is C9H13FN2O. The van der Waals surface area contributed by atoms with E-state index in [4.69, 9.17) is 0 Å². The van der Waals surface area contributed by atoms with Crippen LogP contribution in [0.2, 0.25) is 0 Å². The average molecular weight is 184 g/mol. The lowest BCUT2D eigenvalue weighted by Crippen LogP contribution is -2.24. The highest BCUT2D eigenvalue weighted by molar-refractivity contribution is 5.04. The summed E-state index contributed by atoms with van der Waals surface area (Å²) in [6.07, 6.45) is -1.37. The van der Waals surface area contributed by atoms with E-state index >= 15 is 0 Å². The molecule has 13 heavy (non-hydrogen) atoms. The molecule has 0 bridgehead atoms. The van der Waals surface area contributed by atoms with Crippen molar-refractivity contribution in [3.8, 4) is 0 Å². The molecule has 0 radical (unpaired) electrons. The van der Waals surface area contributed by atoms with Gasteiger partial charge in [0, 0.05) is 6.07 Å². The van der Waals surface area contributed by atoms with Crippen LogP contribution in [0.5, 0.6) is 0 Å². The van der Waals surface area contributed by atoms with E-state index < -0.39 is 11.9 Å². The molecule has 0 aliphatic heterocycles. The van der Waals surface area contributed by atoms with Gasteiger partial charge < -0.3 is 0 Å². The molecule has 0 saturated heterocycles. The topological polar surface area (TPSA) is 34.9 Å². The molecule has 1 rings (SSSR count). The maximum atomic E-state index is 12.8. The van der Waals surface area contributed by atoms with E-state index in [2.05, 4.69) is 5.10 Å². The number of hydrogen-bond donors (Lipinski definition) is 0. The van der Waals surface area contributed by atoms with Crippen molar-refractivity contribution in [1.82, 2.24) is 9.78 Å². The van der Waals surface area contributed by atoms with Crippen LogP contribution in [0, 0.1) is 0 Å². The lowest BCUT2D eigenvalue weighted by Gasteiger charge is -2.08. The number of rotatable bonds is 2. The van der Waals surface area contributed by atoms with Crippen LogP contribution in [0.25, 0.3) is 0 Å². The largest absolute Gasteiger partial charge is 0.269 e. The summed E-state index contributed by atoms with van der Waals surface area (Å²) in [5, 5.41) is 3.90. The minimum atomic E-state index is -1.37. The van der Waals surface area contributed by atoms with E-state index in [-0.39, 0.29) is 5.92 Å². The van der Waals surface area contributed by atoms with E-state index in [1.165, 1.54) is 13.0 Å². The summed E-state index contributed by atoms with van der Waals surface area (Å²) >= 11 is 0. The predicted octanol–water partition coefficient (Wildman–Crippen LogP) is 1.85. The highest BCUT2D eigenvalue weighted by Gasteiger charge is 2.08. The van der Waals surface area contributed by atoms with Crippen molar-refractivity contribution in [3.05, 3.63) is 28.2 Å². The van der Waals surface area contributed by atoms with Gasteiger partial charge in [-0.2, -0.15) is 9.78 Å². The van der Waals surface area contributed by atoms with Crippen LogP contribution in [-0.4, -0.2) is 9.78 Å². The molecule has 1 unspecified atom stereocenters. The van der Waals surface area contributed by atoms with Gasteiger partial charge in [0.25, 0.3) is 5.56 Å². The number of halogens is 1. The summed E-state index contributed by atoms with van der Waals surface area (Å²) in [6, 6.07) is 2.98. The van der Waals surface area contributed by atoms with E-state index in [1.807, 2.05) is 13.8 Å². The van der Waals surface area contributed by atoms with Crippen molar-refractivity contribution in [2.75, 3.05) is 0 Å². The summed E-state index contributed by atoms with van der Waals surface area (Å²) in [7, 11) is 0. The van der Waals surface area contributed by atoms with Crippen LogP contribution in [0.15, 0.2) is 16.9 Å². The first-order valence-corrected chi connectivity index (χ1v) is 4.26. The fourth-order valence-electron chi connectivity index (χ4n) is 1.00. The third-order valence-electron chi connectivity index (χ3n) is 1.77. The normalized spacial score (nSPS) is 13.3. The van der Waals surface area contributed by atoms with Crippen molar-refractivity contribution in [2.24, 2.45) is 0 Å². The second kappa shape index (κ2) is 3.68. The minimum Gasteiger partial charge on any atom is -0.268 e. The molecule has 0 fully saturated rings. The summed E-state index contributed by atoms with van der Waals surface area (Å²) in [5.74, 6) is 0.200. The maximum absolute atomic E-state index is 12.8. The molecule has 3 nitrogen and oxygen atoms in total. The molecule has 72 valence electrons. The Bertz CT molecular complexity index is 344. The Hall–Kier alpha value is -1.19. The molecule has 4 heteroatoms. The van der Waals surface area contributed by atoms with Gasteiger partial charge in [-0.05, 0) is 18.9 Å². The summed E-state index contributed by atoms with van der Waals surface area (Å²) in [4.78, 5) is 11.1. The van der Waals surface area contributed by atoms with E-state index in [9.17, 15) is 9.18 Å². The van der Waals surface area contributed by atoms with Crippen molar-refractivity contribution in [1.29, 1.82) is 0 Å². The van der Waals surface area contributed by atoms with Crippen LogP contribution in [0.3, 0.4) is 0 Å². The van der Waals surface area contributed by atoms with Gasteiger partial charge in [-0.1, -0.05) is 13.8 Å². The minimum absolute atomic E-state index is 0.200. The summed E-state index contributed by atoms with van der Waals surface area (Å²) in [6.45, 7) is 5.18. The van der Waals surface area contributed by atoms with Crippen LogP contribution in [-0.2, 0) is 0 Å². The van der Waals surface area contributed by atoms with Crippen LogP contribution >= 0.6 is 0 Å². The molecular weight excluding hydrogens is 171 g/mol. The average Bonchev–Trinajstić information content (AvgIpc) is 2.04. The van der Waals surface area contributed by atoms with Crippen molar-refractivity contribution >= 4 is 0 Å². The summed E-state index contributed by atoms with van der Waals surface area (Å²) in [5.41, 5.74) is 0.323. The SMILES string of the molecule is CC(C)c1ccc(=O)n(C(C)F)n1. The van der Waals surface area contributed by atoms with Gasteiger partial charge >= 0.3 is 0 Å². The number of nitrogens with zero attached hydrogens (tertiary/aromatic N) is 2. The maximum Gasteiger partial charge on any atom is 0.269 e.